The zero-order valence-corrected chi connectivity index (χ0v) is 8.04. The van der Waals surface area contributed by atoms with Gasteiger partial charge in [0, 0.05) is 25.7 Å². The first-order valence-electron chi connectivity index (χ1n) is 5.54. The summed E-state index contributed by atoms with van der Waals surface area (Å²) in [6.07, 6.45) is 4.49. The van der Waals surface area contributed by atoms with Gasteiger partial charge in [0.25, 0.3) is 0 Å². The van der Waals surface area contributed by atoms with Crippen molar-refractivity contribution in [2.75, 3.05) is 26.2 Å². The molecule has 0 bridgehead atoms. The third-order valence-electron chi connectivity index (χ3n) is 3.73. The van der Waals surface area contributed by atoms with Gasteiger partial charge >= 0.3 is 0 Å². The SMILES string of the molecule is C1C[C@@H]2NCCN3CCO[C@H](C1)[C@H]23. The van der Waals surface area contributed by atoms with Crippen molar-refractivity contribution < 1.29 is 4.74 Å². The molecule has 3 nitrogen and oxygen atoms in total. The van der Waals surface area contributed by atoms with Gasteiger partial charge in [-0.1, -0.05) is 0 Å². The van der Waals surface area contributed by atoms with Crippen molar-refractivity contribution in [2.45, 2.75) is 37.5 Å². The fraction of sp³-hybridized carbons (Fsp3) is 1.00. The smallest absolute Gasteiger partial charge is 0.0746 e. The van der Waals surface area contributed by atoms with Crippen LogP contribution < -0.4 is 5.32 Å². The minimum Gasteiger partial charge on any atom is -0.375 e. The van der Waals surface area contributed by atoms with Gasteiger partial charge in [-0.2, -0.15) is 0 Å². The van der Waals surface area contributed by atoms with Crippen molar-refractivity contribution in [2.24, 2.45) is 0 Å². The Balaban J connectivity index is 1.82. The van der Waals surface area contributed by atoms with E-state index in [2.05, 4.69) is 10.2 Å². The highest BCUT2D eigenvalue weighted by molar-refractivity contribution is 4.99. The molecular formula is C10H18N2O. The van der Waals surface area contributed by atoms with Gasteiger partial charge in [0.05, 0.1) is 18.8 Å². The van der Waals surface area contributed by atoms with Gasteiger partial charge in [0.15, 0.2) is 0 Å². The molecule has 0 unspecified atom stereocenters. The number of rotatable bonds is 0. The first kappa shape index (κ1) is 8.21. The highest BCUT2D eigenvalue weighted by atomic mass is 16.5. The predicted molar refractivity (Wildman–Crippen MR) is 50.7 cm³/mol. The van der Waals surface area contributed by atoms with Crippen LogP contribution in [0.5, 0.6) is 0 Å². The quantitative estimate of drug-likeness (QED) is 0.579. The van der Waals surface area contributed by atoms with Crippen LogP contribution in [0.2, 0.25) is 0 Å². The summed E-state index contributed by atoms with van der Waals surface area (Å²) < 4.78 is 5.84. The highest BCUT2D eigenvalue weighted by Gasteiger charge is 2.41. The molecule has 0 aromatic rings. The van der Waals surface area contributed by atoms with Crippen LogP contribution in [-0.2, 0) is 4.74 Å². The number of hydrogen-bond acceptors (Lipinski definition) is 3. The van der Waals surface area contributed by atoms with Gasteiger partial charge in [-0.3, -0.25) is 4.90 Å². The zero-order chi connectivity index (χ0) is 8.67. The summed E-state index contributed by atoms with van der Waals surface area (Å²) in [4.78, 5) is 2.63. The van der Waals surface area contributed by atoms with Gasteiger partial charge in [0.1, 0.15) is 0 Å². The number of ether oxygens (including phenoxy) is 1. The molecule has 74 valence electrons. The lowest BCUT2D eigenvalue weighted by Crippen LogP contribution is -2.67. The molecule has 3 aliphatic rings. The molecule has 2 aliphatic heterocycles. The number of hydrogen-bond donors (Lipinski definition) is 1. The van der Waals surface area contributed by atoms with E-state index in [1.54, 1.807) is 0 Å². The monoisotopic (exact) mass is 182 g/mol. The molecule has 0 aromatic heterocycles. The van der Waals surface area contributed by atoms with E-state index in [1.165, 1.54) is 32.4 Å². The van der Waals surface area contributed by atoms with Gasteiger partial charge in [-0.15, -0.1) is 0 Å². The fourth-order valence-corrected chi connectivity index (χ4v) is 3.16. The molecule has 3 rings (SSSR count). The summed E-state index contributed by atoms with van der Waals surface area (Å²) in [5, 5.41) is 3.63. The molecule has 2 saturated heterocycles. The van der Waals surface area contributed by atoms with Gasteiger partial charge < -0.3 is 10.1 Å². The van der Waals surface area contributed by atoms with E-state index in [9.17, 15) is 0 Å². The van der Waals surface area contributed by atoms with Crippen molar-refractivity contribution in [1.29, 1.82) is 0 Å². The average Bonchev–Trinajstić information content (AvgIpc) is 2.19. The lowest BCUT2D eigenvalue weighted by Gasteiger charge is -2.51. The fourth-order valence-electron chi connectivity index (χ4n) is 3.16. The topological polar surface area (TPSA) is 24.5 Å². The maximum atomic E-state index is 5.84. The molecule has 0 aromatic carbocycles. The van der Waals surface area contributed by atoms with Crippen LogP contribution in [-0.4, -0.2) is 49.3 Å². The minimum absolute atomic E-state index is 0.528. The molecule has 3 heteroatoms. The lowest BCUT2D eigenvalue weighted by atomic mass is 9.84. The maximum Gasteiger partial charge on any atom is 0.0746 e. The Labute approximate surface area is 79.4 Å². The largest absolute Gasteiger partial charge is 0.375 e. The molecule has 3 fully saturated rings. The molecule has 1 aliphatic carbocycles. The van der Waals surface area contributed by atoms with E-state index in [1.807, 2.05) is 0 Å². The second-order valence-electron chi connectivity index (χ2n) is 4.43. The zero-order valence-electron chi connectivity index (χ0n) is 8.04. The van der Waals surface area contributed by atoms with Crippen LogP contribution in [0.25, 0.3) is 0 Å². The number of nitrogens with zero attached hydrogens (tertiary/aromatic N) is 1. The van der Waals surface area contributed by atoms with Crippen LogP contribution in [0, 0.1) is 0 Å². The molecule has 0 spiro atoms. The van der Waals surface area contributed by atoms with Crippen LogP contribution in [0.4, 0.5) is 0 Å². The van der Waals surface area contributed by atoms with Crippen molar-refractivity contribution in [3.63, 3.8) is 0 Å². The summed E-state index contributed by atoms with van der Waals surface area (Å²) in [5.41, 5.74) is 0. The van der Waals surface area contributed by atoms with E-state index in [0.29, 0.717) is 18.2 Å². The van der Waals surface area contributed by atoms with Crippen molar-refractivity contribution in [3.8, 4) is 0 Å². The first-order chi connectivity index (χ1) is 6.45. The number of nitrogens with one attached hydrogen (secondary N) is 1. The van der Waals surface area contributed by atoms with Crippen molar-refractivity contribution in [1.82, 2.24) is 10.2 Å². The van der Waals surface area contributed by atoms with Crippen molar-refractivity contribution in [3.05, 3.63) is 0 Å². The maximum absolute atomic E-state index is 5.84. The third-order valence-corrected chi connectivity index (χ3v) is 3.73. The second kappa shape index (κ2) is 3.23. The van der Waals surface area contributed by atoms with E-state index in [4.69, 9.17) is 4.74 Å². The lowest BCUT2D eigenvalue weighted by molar-refractivity contribution is -0.109. The molecular weight excluding hydrogens is 164 g/mol. The van der Waals surface area contributed by atoms with Gasteiger partial charge in [-0.25, -0.2) is 0 Å². The van der Waals surface area contributed by atoms with Crippen molar-refractivity contribution >= 4 is 0 Å². The molecule has 3 atom stereocenters. The highest BCUT2D eigenvalue weighted by Crippen LogP contribution is 2.30. The first-order valence-corrected chi connectivity index (χ1v) is 5.54. The Kier molecular flexibility index (Phi) is 2.04. The molecule has 1 N–H and O–H groups in total. The number of piperazine rings is 1. The van der Waals surface area contributed by atoms with E-state index < -0.39 is 0 Å². The van der Waals surface area contributed by atoms with E-state index in [-0.39, 0.29) is 0 Å². The molecule has 2 heterocycles. The second-order valence-corrected chi connectivity index (χ2v) is 4.43. The summed E-state index contributed by atoms with van der Waals surface area (Å²) in [6, 6.07) is 1.41. The Bertz CT molecular complexity index is 152. The van der Waals surface area contributed by atoms with Gasteiger partial charge in [-0.05, 0) is 19.3 Å². The molecule has 0 radical (unpaired) electrons. The van der Waals surface area contributed by atoms with E-state index >= 15 is 0 Å². The summed E-state index contributed by atoms with van der Waals surface area (Å²) in [5.74, 6) is 0. The molecule has 0 amide bonds. The van der Waals surface area contributed by atoms with Crippen LogP contribution >= 0.6 is 0 Å². The average molecular weight is 182 g/mol. The molecule has 13 heavy (non-hydrogen) atoms. The standard InChI is InChI=1S/C10H18N2O/c1-2-8-10-9(3-1)13-7-6-12(10)5-4-11-8/h8-11H,1-7H2/t8-,9+,10-/m0/s1. The summed E-state index contributed by atoms with van der Waals surface area (Å²) in [7, 11) is 0. The van der Waals surface area contributed by atoms with Gasteiger partial charge in [0.2, 0.25) is 0 Å². The minimum atomic E-state index is 0.528. The third kappa shape index (κ3) is 1.30. The predicted octanol–water partition coefficient (Wildman–Crippen LogP) is 0.211. The summed E-state index contributed by atoms with van der Waals surface area (Å²) in [6.45, 7) is 4.50. The Morgan fingerprint density at radius 1 is 1.23 bits per heavy atom. The molecule has 1 saturated carbocycles. The Morgan fingerprint density at radius 2 is 2.23 bits per heavy atom. The van der Waals surface area contributed by atoms with Crippen LogP contribution in [0.3, 0.4) is 0 Å². The Morgan fingerprint density at radius 3 is 3.23 bits per heavy atom. The Hall–Kier alpha value is -0.120. The normalized spacial score (nSPS) is 45.7. The van der Waals surface area contributed by atoms with Crippen LogP contribution in [0.15, 0.2) is 0 Å². The summed E-state index contributed by atoms with van der Waals surface area (Å²) >= 11 is 0. The van der Waals surface area contributed by atoms with Crippen LogP contribution in [0.1, 0.15) is 19.3 Å². The van der Waals surface area contributed by atoms with E-state index in [0.717, 1.165) is 13.2 Å². The number of morpholine rings is 1.